The standard InChI is InChI=1S/C15H21NO4/c1-10-8-16(9-15(2,3)20-10)14(18)11-6-5-7-12(19-4)13(11)17/h5-7,10,17H,8-9H2,1-4H3/t10-/m0/s1. The van der Waals surface area contributed by atoms with E-state index in [-0.39, 0.29) is 28.9 Å². The number of morpholine rings is 1. The van der Waals surface area contributed by atoms with Gasteiger partial charge in [0.15, 0.2) is 11.5 Å². The molecule has 0 aliphatic carbocycles. The molecular formula is C15H21NO4. The Morgan fingerprint density at radius 1 is 1.50 bits per heavy atom. The number of phenols is 1. The van der Waals surface area contributed by atoms with Crippen molar-refractivity contribution in [2.45, 2.75) is 32.5 Å². The average molecular weight is 279 g/mol. The molecule has 110 valence electrons. The second-order valence-electron chi connectivity index (χ2n) is 5.73. The average Bonchev–Trinajstić information content (AvgIpc) is 2.36. The molecule has 0 saturated carbocycles. The molecule has 1 saturated heterocycles. The molecule has 1 aromatic rings. The van der Waals surface area contributed by atoms with Gasteiger partial charge in [-0.25, -0.2) is 0 Å². The smallest absolute Gasteiger partial charge is 0.257 e. The summed E-state index contributed by atoms with van der Waals surface area (Å²) in [6.07, 6.45) is -0.0320. The van der Waals surface area contributed by atoms with Gasteiger partial charge in [-0.1, -0.05) is 6.07 Å². The summed E-state index contributed by atoms with van der Waals surface area (Å²) < 4.78 is 10.8. The fourth-order valence-electron chi connectivity index (χ4n) is 2.64. The zero-order valence-corrected chi connectivity index (χ0v) is 12.3. The van der Waals surface area contributed by atoms with E-state index in [1.807, 2.05) is 20.8 Å². The fraction of sp³-hybridized carbons (Fsp3) is 0.533. The third-order valence-electron chi connectivity index (χ3n) is 3.31. The van der Waals surface area contributed by atoms with Crippen LogP contribution in [0.1, 0.15) is 31.1 Å². The highest BCUT2D eigenvalue weighted by Crippen LogP contribution is 2.31. The van der Waals surface area contributed by atoms with Crippen molar-refractivity contribution in [3.8, 4) is 11.5 Å². The summed E-state index contributed by atoms with van der Waals surface area (Å²) in [6.45, 7) is 6.85. The molecule has 1 N–H and O–H groups in total. The topological polar surface area (TPSA) is 59.0 Å². The van der Waals surface area contributed by atoms with Crippen LogP contribution in [-0.2, 0) is 4.74 Å². The number of nitrogens with zero attached hydrogens (tertiary/aromatic N) is 1. The number of hydrogen-bond donors (Lipinski definition) is 1. The molecule has 0 spiro atoms. The summed E-state index contributed by atoms with van der Waals surface area (Å²) in [7, 11) is 1.46. The highest BCUT2D eigenvalue weighted by molar-refractivity contribution is 5.97. The van der Waals surface area contributed by atoms with Crippen LogP contribution < -0.4 is 4.74 Å². The maximum Gasteiger partial charge on any atom is 0.257 e. The van der Waals surface area contributed by atoms with Crippen LogP contribution in [0.15, 0.2) is 18.2 Å². The predicted octanol–water partition coefficient (Wildman–Crippen LogP) is 2.04. The number of carbonyl (C=O) groups is 1. The van der Waals surface area contributed by atoms with Crippen LogP contribution in [0.25, 0.3) is 0 Å². The molecule has 0 aromatic heterocycles. The second-order valence-corrected chi connectivity index (χ2v) is 5.73. The number of hydrogen-bond acceptors (Lipinski definition) is 4. The lowest BCUT2D eigenvalue weighted by atomic mass is 10.0. The van der Waals surface area contributed by atoms with E-state index in [9.17, 15) is 9.90 Å². The summed E-state index contributed by atoms with van der Waals surface area (Å²) in [5, 5.41) is 10.1. The zero-order chi connectivity index (χ0) is 14.9. The quantitative estimate of drug-likeness (QED) is 0.900. The molecule has 1 aromatic carbocycles. The van der Waals surface area contributed by atoms with E-state index >= 15 is 0 Å². The number of benzene rings is 1. The summed E-state index contributed by atoms with van der Waals surface area (Å²) in [5.74, 6) is -0.0157. The van der Waals surface area contributed by atoms with Crippen LogP contribution in [0, 0.1) is 0 Å². The number of aromatic hydroxyl groups is 1. The molecule has 5 nitrogen and oxygen atoms in total. The molecule has 1 aliphatic rings. The minimum absolute atomic E-state index is 0.0320. The van der Waals surface area contributed by atoms with Gasteiger partial charge >= 0.3 is 0 Å². The molecule has 1 fully saturated rings. The number of rotatable bonds is 2. The van der Waals surface area contributed by atoms with Gasteiger partial charge in [-0.2, -0.15) is 0 Å². The van der Waals surface area contributed by atoms with E-state index in [1.165, 1.54) is 7.11 Å². The van der Waals surface area contributed by atoms with Crippen molar-refractivity contribution in [2.24, 2.45) is 0 Å². The third kappa shape index (κ3) is 2.88. The van der Waals surface area contributed by atoms with Crippen molar-refractivity contribution in [3.05, 3.63) is 23.8 Å². The molecule has 1 atom stereocenters. The van der Waals surface area contributed by atoms with E-state index < -0.39 is 0 Å². The largest absolute Gasteiger partial charge is 0.504 e. The highest BCUT2D eigenvalue weighted by atomic mass is 16.5. The Hall–Kier alpha value is -1.75. The first-order valence-electron chi connectivity index (χ1n) is 6.67. The van der Waals surface area contributed by atoms with Crippen LogP contribution in [-0.4, -0.2) is 47.8 Å². The molecular weight excluding hydrogens is 258 g/mol. The van der Waals surface area contributed by atoms with E-state index in [4.69, 9.17) is 9.47 Å². The number of para-hydroxylation sites is 1. The maximum absolute atomic E-state index is 12.6. The lowest BCUT2D eigenvalue weighted by Crippen LogP contribution is -2.53. The minimum atomic E-state index is -0.387. The summed E-state index contributed by atoms with van der Waals surface area (Å²) in [5.41, 5.74) is -0.129. The highest BCUT2D eigenvalue weighted by Gasteiger charge is 2.34. The molecule has 0 radical (unpaired) electrons. The minimum Gasteiger partial charge on any atom is -0.504 e. The number of amides is 1. The van der Waals surface area contributed by atoms with Gasteiger partial charge in [-0.15, -0.1) is 0 Å². The Kier molecular flexibility index (Phi) is 3.90. The van der Waals surface area contributed by atoms with Crippen molar-refractivity contribution >= 4 is 5.91 Å². The molecule has 1 amide bonds. The SMILES string of the molecule is COc1cccc(C(=O)N2C[C@H](C)OC(C)(C)C2)c1O. The molecule has 20 heavy (non-hydrogen) atoms. The van der Waals surface area contributed by atoms with Crippen LogP contribution >= 0.6 is 0 Å². The molecule has 2 rings (SSSR count). The monoisotopic (exact) mass is 279 g/mol. The van der Waals surface area contributed by atoms with E-state index in [1.54, 1.807) is 23.1 Å². The lowest BCUT2D eigenvalue weighted by molar-refractivity contribution is -0.118. The first kappa shape index (κ1) is 14.7. The van der Waals surface area contributed by atoms with Gasteiger partial charge in [0.2, 0.25) is 0 Å². The van der Waals surface area contributed by atoms with Crippen molar-refractivity contribution in [1.82, 2.24) is 4.90 Å². The maximum atomic E-state index is 12.6. The summed E-state index contributed by atoms with van der Waals surface area (Å²) in [4.78, 5) is 14.3. The first-order valence-corrected chi connectivity index (χ1v) is 6.67. The number of phenolic OH excluding ortho intramolecular Hbond substituents is 1. The van der Waals surface area contributed by atoms with Crippen LogP contribution in [0.2, 0.25) is 0 Å². The first-order chi connectivity index (χ1) is 9.34. The molecule has 5 heteroatoms. The Morgan fingerprint density at radius 3 is 2.80 bits per heavy atom. The van der Waals surface area contributed by atoms with Gasteiger partial charge in [0, 0.05) is 13.1 Å². The summed E-state index contributed by atoms with van der Waals surface area (Å²) >= 11 is 0. The van der Waals surface area contributed by atoms with E-state index in [0.717, 1.165) is 0 Å². The van der Waals surface area contributed by atoms with Crippen molar-refractivity contribution in [1.29, 1.82) is 0 Å². The normalized spacial score (nSPS) is 21.6. The predicted molar refractivity (Wildman–Crippen MR) is 75.2 cm³/mol. The Labute approximate surface area is 119 Å². The fourth-order valence-corrected chi connectivity index (χ4v) is 2.64. The third-order valence-corrected chi connectivity index (χ3v) is 3.31. The Balaban J connectivity index is 2.27. The van der Waals surface area contributed by atoms with Gasteiger partial charge < -0.3 is 19.5 Å². The van der Waals surface area contributed by atoms with Crippen LogP contribution in [0.5, 0.6) is 11.5 Å². The van der Waals surface area contributed by atoms with Gasteiger partial charge in [-0.05, 0) is 32.9 Å². The Morgan fingerprint density at radius 2 is 2.20 bits per heavy atom. The van der Waals surface area contributed by atoms with E-state index in [0.29, 0.717) is 18.8 Å². The van der Waals surface area contributed by atoms with Crippen LogP contribution in [0.3, 0.4) is 0 Å². The van der Waals surface area contributed by atoms with Crippen molar-refractivity contribution in [3.63, 3.8) is 0 Å². The van der Waals surface area contributed by atoms with E-state index in [2.05, 4.69) is 0 Å². The number of ether oxygens (including phenoxy) is 2. The molecule has 1 heterocycles. The lowest BCUT2D eigenvalue weighted by Gasteiger charge is -2.41. The number of carbonyl (C=O) groups excluding carboxylic acids is 1. The molecule has 0 bridgehead atoms. The van der Waals surface area contributed by atoms with Crippen molar-refractivity contribution in [2.75, 3.05) is 20.2 Å². The van der Waals surface area contributed by atoms with Gasteiger partial charge in [0.25, 0.3) is 5.91 Å². The zero-order valence-electron chi connectivity index (χ0n) is 12.3. The Bertz CT molecular complexity index is 513. The molecule has 1 aliphatic heterocycles. The van der Waals surface area contributed by atoms with Gasteiger partial charge in [0.1, 0.15) is 0 Å². The number of methoxy groups -OCH3 is 1. The molecule has 0 unspecified atom stereocenters. The van der Waals surface area contributed by atoms with Gasteiger partial charge in [-0.3, -0.25) is 4.79 Å². The second kappa shape index (κ2) is 5.32. The van der Waals surface area contributed by atoms with Crippen molar-refractivity contribution < 1.29 is 19.4 Å². The summed E-state index contributed by atoms with van der Waals surface area (Å²) in [6, 6.07) is 4.92. The van der Waals surface area contributed by atoms with Gasteiger partial charge in [0.05, 0.1) is 24.4 Å². The van der Waals surface area contributed by atoms with Crippen LogP contribution in [0.4, 0.5) is 0 Å².